The van der Waals surface area contributed by atoms with Crippen molar-refractivity contribution in [2.45, 2.75) is 39.0 Å². The van der Waals surface area contributed by atoms with Gasteiger partial charge in [-0.1, -0.05) is 19.3 Å². The van der Waals surface area contributed by atoms with E-state index >= 15 is 0 Å². The average molecular weight is 592 g/mol. The van der Waals surface area contributed by atoms with Gasteiger partial charge in [0, 0.05) is 34.3 Å². The van der Waals surface area contributed by atoms with Gasteiger partial charge in [-0.15, -0.1) is 0 Å². The maximum atomic E-state index is 13.1. The largest absolute Gasteiger partial charge is 0.459 e. The summed E-state index contributed by atoms with van der Waals surface area (Å²) in [4.78, 5) is 39.8. The third kappa shape index (κ3) is 5.36. The van der Waals surface area contributed by atoms with Gasteiger partial charge in [-0.05, 0) is 82.0 Å². The van der Waals surface area contributed by atoms with E-state index in [0.29, 0.717) is 31.7 Å². The van der Waals surface area contributed by atoms with Crippen LogP contribution in [0.25, 0.3) is 10.9 Å². The van der Waals surface area contributed by atoms with Crippen molar-refractivity contribution in [2.75, 3.05) is 11.9 Å². The second-order valence-corrected chi connectivity index (χ2v) is 9.86. The van der Waals surface area contributed by atoms with E-state index in [0.717, 1.165) is 36.6 Å². The number of halogens is 2. The number of esters is 1. The maximum absolute atomic E-state index is 13.1. The van der Waals surface area contributed by atoms with Gasteiger partial charge >= 0.3 is 11.9 Å². The third-order valence-electron chi connectivity index (χ3n) is 5.83. The molecule has 1 amide bonds. The van der Waals surface area contributed by atoms with Crippen molar-refractivity contribution in [3.63, 3.8) is 0 Å². The lowest BCUT2D eigenvalue weighted by Gasteiger charge is -2.20. The lowest BCUT2D eigenvalue weighted by Crippen LogP contribution is -2.25. The van der Waals surface area contributed by atoms with Gasteiger partial charge in [0.05, 0.1) is 15.6 Å². The molecule has 7 nitrogen and oxygen atoms in total. The molecule has 0 saturated heterocycles. The summed E-state index contributed by atoms with van der Waals surface area (Å²) in [5.74, 6) is -0.486. The van der Waals surface area contributed by atoms with Crippen molar-refractivity contribution in [3.8, 4) is 11.5 Å². The molecule has 1 aromatic heterocycles. The number of fused-ring (bicyclic) bond motifs is 1. The van der Waals surface area contributed by atoms with Crippen molar-refractivity contribution in [1.82, 2.24) is 4.98 Å². The number of nitrogens with one attached hydrogen (secondary N) is 2. The quantitative estimate of drug-likeness (QED) is 0.188. The Balaban J connectivity index is 1.55. The van der Waals surface area contributed by atoms with Gasteiger partial charge in [-0.3, -0.25) is 9.59 Å². The molecule has 0 unspecified atom stereocenters. The molecule has 4 rings (SSSR count). The van der Waals surface area contributed by atoms with E-state index in [4.69, 9.17) is 9.47 Å². The van der Waals surface area contributed by atoms with E-state index in [1.165, 1.54) is 6.42 Å². The van der Waals surface area contributed by atoms with Crippen LogP contribution in [0.3, 0.4) is 0 Å². The fraction of sp³-hybridized carbons (Fsp3) is 0.320. The fourth-order valence-corrected chi connectivity index (χ4v) is 5.53. The average Bonchev–Trinajstić information content (AvgIpc) is 3.25. The SMILES string of the molecule is CCOC(=O)C(=O)Nc1cc(Br)c(Oc2ccc3[nH]cc(C(=O)C4CCCCC4)c3c2)c(Br)c1. The summed E-state index contributed by atoms with van der Waals surface area (Å²) in [6, 6.07) is 8.83. The minimum Gasteiger partial charge on any atom is -0.459 e. The van der Waals surface area contributed by atoms with Crippen LogP contribution in [0.2, 0.25) is 0 Å². The number of benzene rings is 2. The summed E-state index contributed by atoms with van der Waals surface area (Å²) >= 11 is 6.92. The van der Waals surface area contributed by atoms with Crippen molar-refractivity contribution in [2.24, 2.45) is 5.92 Å². The highest BCUT2D eigenvalue weighted by molar-refractivity contribution is 9.11. The lowest BCUT2D eigenvalue weighted by atomic mass is 9.84. The summed E-state index contributed by atoms with van der Waals surface area (Å²) in [5, 5.41) is 3.33. The van der Waals surface area contributed by atoms with E-state index in [-0.39, 0.29) is 18.3 Å². The Morgan fingerprint density at radius 1 is 1.06 bits per heavy atom. The summed E-state index contributed by atoms with van der Waals surface area (Å²) in [5.41, 5.74) is 1.97. The van der Waals surface area contributed by atoms with E-state index in [9.17, 15) is 14.4 Å². The Hall–Kier alpha value is -2.65. The Labute approximate surface area is 213 Å². The zero-order valence-electron chi connectivity index (χ0n) is 18.6. The highest BCUT2D eigenvalue weighted by Gasteiger charge is 2.25. The Kier molecular flexibility index (Phi) is 7.73. The molecule has 1 aliphatic rings. The Morgan fingerprint density at radius 3 is 2.44 bits per heavy atom. The lowest BCUT2D eigenvalue weighted by molar-refractivity contribution is -0.152. The number of carbonyl (C=O) groups is 3. The van der Waals surface area contributed by atoms with E-state index < -0.39 is 11.9 Å². The number of rotatable bonds is 6. The normalized spacial score (nSPS) is 14.1. The summed E-state index contributed by atoms with van der Waals surface area (Å²) in [6.45, 7) is 1.75. The monoisotopic (exact) mass is 590 g/mol. The van der Waals surface area contributed by atoms with Crippen molar-refractivity contribution in [1.29, 1.82) is 0 Å². The van der Waals surface area contributed by atoms with Gasteiger partial charge in [0.15, 0.2) is 11.5 Å². The van der Waals surface area contributed by atoms with Gasteiger partial charge in [-0.25, -0.2) is 4.79 Å². The van der Waals surface area contributed by atoms with Gasteiger partial charge in [-0.2, -0.15) is 0 Å². The minimum atomic E-state index is -0.951. The first-order valence-electron chi connectivity index (χ1n) is 11.2. The van der Waals surface area contributed by atoms with Crippen LogP contribution in [-0.2, 0) is 14.3 Å². The molecule has 2 aromatic carbocycles. The van der Waals surface area contributed by atoms with Crippen LogP contribution < -0.4 is 10.1 Å². The first-order valence-corrected chi connectivity index (χ1v) is 12.8. The number of ketones is 1. The zero-order chi connectivity index (χ0) is 24.2. The number of aromatic nitrogens is 1. The van der Waals surface area contributed by atoms with Crippen molar-refractivity contribution in [3.05, 3.63) is 51.0 Å². The number of amides is 1. The van der Waals surface area contributed by atoms with Gasteiger partial charge in [0.25, 0.3) is 0 Å². The van der Waals surface area contributed by atoms with Crippen LogP contribution in [-0.4, -0.2) is 29.3 Å². The number of hydrogen-bond acceptors (Lipinski definition) is 5. The molecule has 178 valence electrons. The number of anilines is 1. The molecular weight excluding hydrogens is 568 g/mol. The number of H-pyrrole nitrogens is 1. The molecule has 9 heteroatoms. The first kappa shape index (κ1) is 24.5. The fourth-order valence-electron chi connectivity index (χ4n) is 4.18. The number of carbonyl (C=O) groups excluding carboxylic acids is 3. The van der Waals surface area contributed by atoms with Crippen molar-refractivity contribution < 1.29 is 23.9 Å². The predicted octanol–water partition coefficient (Wildman–Crippen LogP) is 6.75. The number of Topliss-reactive ketones (excluding diaryl/α,β-unsaturated/α-hetero) is 1. The van der Waals surface area contributed by atoms with Crippen LogP contribution >= 0.6 is 31.9 Å². The molecule has 3 aromatic rings. The van der Waals surface area contributed by atoms with E-state index in [1.807, 2.05) is 18.2 Å². The van der Waals surface area contributed by atoms with Gasteiger partial charge in [0.1, 0.15) is 5.75 Å². The van der Waals surface area contributed by atoms with E-state index in [1.54, 1.807) is 25.3 Å². The number of aromatic amines is 1. The molecule has 1 saturated carbocycles. The molecule has 0 atom stereocenters. The van der Waals surface area contributed by atoms with Crippen molar-refractivity contribution >= 4 is 66.1 Å². The number of hydrogen-bond donors (Lipinski definition) is 2. The molecule has 1 heterocycles. The second-order valence-electron chi connectivity index (χ2n) is 8.15. The molecule has 0 spiro atoms. The summed E-state index contributed by atoms with van der Waals surface area (Å²) in [6.07, 6.45) is 7.08. The highest BCUT2D eigenvalue weighted by Crippen LogP contribution is 2.40. The molecule has 0 bridgehead atoms. The molecule has 1 fully saturated rings. The van der Waals surface area contributed by atoms with Gasteiger partial charge < -0.3 is 19.8 Å². The van der Waals surface area contributed by atoms with Crippen LogP contribution in [0.5, 0.6) is 11.5 Å². The summed E-state index contributed by atoms with van der Waals surface area (Å²) in [7, 11) is 0. The molecule has 0 radical (unpaired) electrons. The molecule has 34 heavy (non-hydrogen) atoms. The number of ether oxygens (including phenoxy) is 2. The molecular formula is C25H24Br2N2O5. The summed E-state index contributed by atoms with van der Waals surface area (Å²) < 4.78 is 12.0. The third-order valence-corrected chi connectivity index (χ3v) is 7.01. The zero-order valence-corrected chi connectivity index (χ0v) is 21.8. The Morgan fingerprint density at radius 2 is 1.76 bits per heavy atom. The Bertz CT molecular complexity index is 1220. The van der Waals surface area contributed by atoms with Crippen LogP contribution in [0, 0.1) is 5.92 Å². The molecule has 1 aliphatic carbocycles. The standard InChI is InChI=1S/C25H24Br2N2O5/c1-2-33-25(32)24(31)29-15-10-19(26)23(20(27)11-15)34-16-8-9-21-17(12-16)18(13-28-21)22(30)14-6-4-3-5-7-14/h8-14,28H,2-7H2,1H3,(H,29,31). The first-order chi connectivity index (χ1) is 16.4. The molecule has 0 aliphatic heterocycles. The molecule has 2 N–H and O–H groups in total. The predicted molar refractivity (Wildman–Crippen MR) is 136 cm³/mol. The smallest absolute Gasteiger partial charge is 0.397 e. The minimum absolute atomic E-state index is 0.0815. The highest BCUT2D eigenvalue weighted by atomic mass is 79.9. The topological polar surface area (TPSA) is 97.5 Å². The van der Waals surface area contributed by atoms with E-state index in [2.05, 4.69) is 42.2 Å². The second kappa shape index (κ2) is 10.7. The van der Waals surface area contributed by atoms with Crippen LogP contribution in [0.1, 0.15) is 49.4 Å². The van der Waals surface area contributed by atoms with Crippen LogP contribution in [0.4, 0.5) is 5.69 Å². The maximum Gasteiger partial charge on any atom is 0.397 e. The van der Waals surface area contributed by atoms with Gasteiger partial charge in [0.2, 0.25) is 0 Å². The van der Waals surface area contributed by atoms with Crippen LogP contribution in [0.15, 0.2) is 45.5 Å².